The van der Waals surface area contributed by atoms with Gasteiger partial charge in [0.25, 0.3) is 5.56 Å². The molecule has 1 unspecified atom stereocenters. The largest absolute Gasteiger partial charge is 0.309 e. The van der Waals surface area contributed by atoms with E-state index in [0.717, 1.165) is 30.6 Å². The maximum atomic E-state index is 12.5. The summed E-state index contributed by atoms with van der Waals surface area (Å²) < 4.78 is 2.21. The molecule has 4 aromatic rings. The number of hydrogen-bond acceptors (Lipinski definition) is 6. The van der Waals surface area contributed by atoms with E-state index in [1.54, 1.807) is 17.8 Å². The minimum atomic E-state index is -0.111. The number of aromatic amines is 1. The van der Waals surface area contributed by atoms with Crippen LogP contribution in [0.5, 0.6) is 0 Å². The summed E-state index contributed by atoms with van der Waals surface area (Å²) in [6, 6.07) is 17.8. The van der Waals surface area contributed by atoms with Crippen LogP contribution in [-0.2, 0) is 13.1 Å². The van der Waals surface area contributed by atoms with Crippen LogP contribution in [0.4, 0.5) is 0 Å². The first-order valence-corrected chi connectivity index (χ1v) is 12.4. The molecule has 1 atom stereocenters. The lowest BCUT2D eigenvalue weighted by atomic mass is 10.1. The second-order valence-corrected chi connectivity index (χ2v) is 9.84. The van der Waals surface area contributed by atoms with Crippen LogP contribution in [0.2, 0.25) is 0 Å². The lowest BCUT2D eigenvalue weighted by Gasteiger charge is -2.26. The van der Waals surface area contributed by atoms with E-state index in [0.29, 0.717) is 23.3 Å². The Morgan fingerprint density at radius 2 is 1.73 bits per heavy atom. The van der Waals surface area contributed by atoms with Gasteiger partial charge in [0.05, 0.1) is 29.2 Å². The summed E-state index contributed by atoms with van der Waals surface area (Å²) in [6.07, 6.45) is 3.79. The minimum absolute atomic E-state index is 0.0798. The van der Waals surface area contributed by atoms with Gasteiger partial charge in [-0.25, -0.2) is 4.98 Å². The van der Waals surface area contributed by atoms with Gasteiger partial charge in [0.15, 0.2) is 5.16 Å². The van der Waals surface area contributed by atoms with Gasteiger partial charge in [-0.1, -0.05) is 60.6 Å². The van der Waals surface area contributed by atoms with E-state index < -0.39 is 0 Å². The molecule has 8 heteroatoms. The van der Waals surface area contributed by atoms with Crippen LogP contribution >= 0.6 is 11.8 Å². The number of nitrogens with one attached hydrogen (secondary N) is 1. The number of aromatic nitrogens is 5. The molecule has 170 valence electrons. The van der Waals surface area contributed by atoms with Crippen molar-refractivity contribution < 1.29 is 0 Å². The number of piperidine rings is 1. The molecule has 3 heterocycles. The monoisotopic (exact) mass is 460 g/mol. The number of likely N-dealkylation sites (tertiary alicyclic amines) is 1. The standard InChI is InChI=1S/C25H28N6OS/c1-18(23-26-21-13-7-6-12-20(21)24(32)27-23)33-25-29-28-22(17-30-14-8-3-9-15-30)31(25)16-19-10-4-2-5-11-19/h2,4-7,10-13,18H,3,8-9,14-17H2,1H3,(H,26,27,32). The first-order chi connectivity index (χ1) is 16.2. The van der Waals surface area contributed by atoms with Crippen molar-refractivity contribution in [1.29, 1.82) is 0 Å². The Hall–Kier alpha value is -2.97. The molecule has 0 aliphatic carbocycles. The maximum Gasteiger partial charge on any atom is 0.258 e. The molecule has 0 saturated carbocycles. The lowest BCUT2D eigenvalue weighted by molar-refractivity contribution is 0.213. The minimum Gasteiger partial charge on any atom is -0.309 e. The molecule has 0 spiro atoms. The molecule has 1 N–H and O–H groups in total. The zero-order valence-corrected chi connectivity index (χ0v) is 19.6. The summed E-state index contributed by atoms with van der Waals surface area (Å²) >= 11 is 1.58. The van der Waals surface area contributed by atoms with Crippen molar-refractivity contribution in [3.63, 3.8) is 0 Å². The van der Waals surface area contributed by atoms with Crippen molar-refractivity contribution in [2.24, 2.45) is 0 Å². The smallest absolute Gasteiger partial charge is 0.258 e. The maximum absolute atomic E-state index is 12.5. The summed E-state index contributed by atoms with van der Waals surface area (Å²) in [5, 5.41) is 10.5. The predicted molar refractivity (Wildman–Crippen MR) is 131 cm³/mol. The summed E-state index contributed by atoms with van der Waals surface area (Å²) in [7, 11) is 0. The average Bonchev–Trinajstić information content (AvgIpc) is 3.21. The van der Waals surface area contributed by atoms with Gasteiger partial charge in [-0.3, -0.25) is 9.69 Å². The Kier molecular flexibility index (Phi) is 6.55. The number of fused-ring (bicyclic) bond motifs is 1. The topological polar surface area (TPSA) is 79.7 Å². The number of para-hydroxylation sites is 1. The van der Waals surface area contributed by atoms with Crippen LogP contribution < -0.4 is 5.56 Å². The second-order valence-electron chi connectivity index (χ2n) is 8.54. The first kappa shape index (κ1) is 21.9. The van der Waals surface area contributed by atoms with Crippen LogP contribution in [0.25, 0.3) is 10.9 Å². The fourth-order valence-corrected chi connectivity index (χ4v) is 5.20. The molecule has 0 bridgehead atoms. The highest BCUT2D eigenvalue weighted by Crippen LogP contribution is 2.33. The Bertz CT molecular complexity index is 1280. The van der Waals surface area contributed by atoms with Crippen LogP contribution in [-0.4, -0.2) is 42.7 Å². The molecule has 2 aromatic carbocycles. The second kappa shape index (κ2) is 9.89. The van der Waals surface area contributed by atoms with E-state index in [2.05, 4.69) is 48.9 Å². The SMILES string of the molecule is CC(Sc1nnc(CN2CCCCC2)n1Cc1ccccc1)c1nc2ccccc2c(=O)[nH]1. The highest BCUT2D eigenvalue weighted by molar-refractivity contribution is 7.99. The molecule has 1 aliphatic rings. The predicted octanol–water partition coefficient (Wildman–Crippen LogP) is 4.40. The Balaban J connectivity index is 1.43. The molecule has 1 aliphatic heterocycles. The third kappa shape index (κ3) is 5.02. The van der Waals surface area contributed by atoms with Gasteiger partial charge in [0.1, 0.15) is 11.6 Å². The molecule has 33 heavy (non-hydrogen) atoms. The van der Waals surface area contributed by atoms with Gasteiger partial charge in [-0.15, -0.1) is 10.2 Å². The van der Waals surface area contributed by atoms with Gasteiger partial charge in [0, 0.05) is 0 Å². The van der Waals surface area contributed by atoms with Crippen LogP contribution in [0.1, 0.15) is 48.6 Å². The normalized spacial score (nSPS) is 15.7. The van der Waals surface area contributed by atoms with Crippen molar-refractivity contribution in [2.45, 2.75) is 49.7 Å². The molecule has 0 radical (unpaired) electrons. The summed E-state index contributed by atoms with van der Waals surface area (Å²) in [6.45, 7) is 5.79. The number of hydrogen-bond donors (Lipinski definition) is 1. The molecular weight excluding hydrogens is 432 g/mol. The van der Waals surface area contributed by atoms with Gasteiger partial charge in [0.2, 0.25) is 0 Å². The first-order valence-electron chi connectivity index (χ1n) is 11.5. The molecule has 0 amide bonds. The Morgan fingerprint density at radius 3 is 2.55 bits per heavy atom. The number of rotatable bonds is 7. The van der Waals surface area contributed by atoms with Gasteiger partial charge in [-0.2, -0.15) is 0 Å². The number of nitrogens with zero attached hydrogens (tertiary/aromatic N) is 5. The van der Waals surface area contributed by atoms with E-state index >= 15 is 0 Å². The van der Waals surface area contributed by atoms with E-state index in [9.17, 15) is 4.79 Å². The van der Waals surface area contributed by atoms with Crippen molar-refractivity contribution in [1.82, 2.24) is 29.6 Å². The Labute approximate surface area is 197 Å². The van der Waals surface area contributed by atoms with Gasteiger partial charge < -0.3 is 9.55 Å². The zero-order chi connectivity index (χ0) is 22.6. The van der Waals surface area contributed by atoms with E-state index in [1.807, 2.05) is 31.2 Å². The third-order valence-corrected chi connectivity index (χ3v) is 7.18. The average molecular weight is 461 g/mol. The van der Waals surface area contributed by atoms with E-state index in [1.165, 1.54) is 24.8 Å². The van der Waals surface area contributed by atoms with Crippen LogP contribution in [0, 0.1) is 0 Å². The quantitative estimate of drug-likeness (QED) is 0.412. The molecule has 1 fully saturated rings. The summed E-state index contributed by atoms with van der Waals surface area (Å²) in [5.41, 5.74) is 1.81. The molecule has 2 aromatic heterocycles. The molecule has 1 saturated heterocycles. The van der Waals surface area contributed by atoms with E-state index in [-0.39, 0.29) is 10.8 Å². The third-order valence-electron chi connectivity index (χ3n) is 6.09. The van der Waals surface area contributed by atoms with Crippen LogP contribution in [0.15, 0.2) is 64.5 Å². The van der Waals surface area contributed by atoms with Crippen molar-refractivity contribution in [3.8, 4) is 0 Å². The molecule has 5 rings (SSSR count). The van der Waals surface area contributed by atoms with Gasteiger partial charge >= 0.3 is 0 Å². The highest BCUT2D eigenvalue weighted by Gasteiger charge is 2.21. The van der Waals surface area contributed by atoms with Crippen molar-refractivity contribution in [3.05, 3.63) is 82.2 Å². The Morgan fingerprint density at radius 1 is 0.970 bits per heavy atom. The fraction of sp³-hybridized carbons (Fsp3) is 0.360. The van der Waals surface area contributed by atoms with Crippen molar-refractivity contribution in [2.75, 3.05) is 13.1 Å². The number of H-pyrrole nitrogens is 1. The van der Waals surface area contributed by atoms with Crippen molar-refractivity contribution >= 4 is 22.7 Å². The summed E-state index contributed by atoms with van der Waals surface area (Å²) in [4.78, 5) is 22.7. The van der Waals surface area contributed by atoms with Gasteiger partial charge in [-0.05, 0) is 50.6 Å². The molecule has 7 nitrogen and oxygen atoms in total. The number of benzene rings is 2. The van der Waals surface area contributed by atoms with Crippen LogP contribution in [0.3, 0.4) is 0 Å². The summed E-state index contributed by atoms with van der Waals surface area (Å²) in [5.74, 6) is 1.63. The number of thioether (sulfide) groups is 1. The van der Waals surface area contributed by atoms with E-state index in [4.69, 9.17) is 4.98 Å². The molecular formula is C25H28N6OS. The zero-order valence-electron chi connectivity index (χ0n) is 18.8. The lowest BCUT2D eigenvalue weighted by Crippen LogP contribution is -2.30. The highest BCUT2D eigenvalue weighted by atomic mass is 32.2. The fourth-order valence-electron chi connectivity index (χ4n) is 4.28.